The van der Waals surface area contributed by atoms with Gasteiger partial charge in [0, 0.05) is 62.1 Å². The quantitative estimate of drug-likeness (QED) is 0.178. The zero-order chi connectivity index (χ0) is 35.3. The number of allylic oxidation sites excluding steroid dienone is 2. The maximum Gasteiger partial charge on any atom is 0.347 e. The number of hydrogen-bond acceptors (Lipinski definition) is 9. The van der Waals surface area contributed by atoms with E-state index in [2.05, 4.69) is 4.98 Å². The van der Waals surface area contributed by atoms with Gasteiger partial charge < -0.3 is 19.1 Å². The van der Waals surface area contributed by atoms with Crippen LogP contribution in [0.2, 0.25) is 5.02 Å². The molecule has 4 atom stereocenters. The Morgan fingerprint density at radius 3 is 2.37 bits per heavy atom. The lowest BCUT2D eigenvalue weighted by Crippen LogP contribution is -2.59. The highest BCUT2D eigenvalue weighted by atomic mass is 35.5. The molecule has 0 bridgehead atoms. The van der Waals surface area contributed by atoms with E-state index in [-0.39, 0.29) is 48.0 Å². The van der Waals surface area contributed by atoms with E-state index in [1.165, 1.54) is 53.4 Å². The summed E-state index contributed by atoms with van der Waals surface area (Å²) in [4.78, 5) is 69.7. The van der Waals surface area contributed by atoms with Crippen molar-refractivity contribution in [1.29, 1.82) is 0 Å². The van der Waals surface area contributed by atoms with Crippen molar-refractivity contribution >= 4 is 57.7 Å². The van der Waals surface area contributed by atoms with Crippen LogP contribution in [-0.2, 0) is 36.1 Å². The molecular weight excluding hydrogens is 703 g/mol. The van der Waals surface area contributed by atoms with Gasteiger partial charge in [0.2, 0.25) is 0 Å². The van der Waals surface area contributed by atoms with E-state index in [0.717, 1.165) is 9.47 Å². The number of carbonyl (C=O) groups is 2. The van der Waals surface area contributed by atoms with Crippen molar-refractivity contribution in [2.24, 2.45) is 7.05 Å². The standard InChI is InChI=1S/C32H29Cl3N6O8/c1-37-20-13-24(49-4)23(48-3)12-19(20)36-18(26(37)43)8-9-39-29(46)40-10-7-16-21(41(40)30(39)47)14-31(34)27(44)38(2)28(45)32(31,35)25(16)17-11-15(33)5-6-22(17)42/h5-7,11-13,21,25,42H,8-10,14H2,1-4H3. The maximum absolute atomic E-state index is 14.1. The molecule has 7 rings (SSSR count). The van der Waals surface area contributed by atoms with E-state index in [1.807, 2.05) is 0 Å². The van der Waals surface area contributed by atoms with Crippen molar-refractivity contribution in [2.75, 3.05) is 21.3 Å². The van der Waals surface area contributed by atoms with Gasteiger partial charge >= 0.3 is 11.4 Å². The fourth-order valence-corrected chi connectivity index (χ4v) is 8.61. The zero-order valence-electron chi connectivity index (χ0n) is 26.6. The molecule has 1 N–H and O–H groups in total. The first-order valence-corrected chi connectivity index (χ1v) is 16.3. The van der Waals surface area contributed by atoms with Gasteiger partial charge in [0.25, 0.3) is 17.4 Å². The van der Waals surface area contributed by atoms with Gasteiger partial charge in [-0.05, 0) is 23.8 Å². The highest BCUT2D eigenvalue weighted by Gasteiger charge is 2.75. The van der Waals surface area contributed by atoms with Crippen molar-refractivity contribution < 1.29 is 24.2 Å². The number of ether oxygens (including phenoxy) is 2. The Morgan fingerprint density at radius 2 is 1.67 bits per heavy atom. The number of aromatic nitrogens is 5. The number of carbonyl (C=O) groups excluding carboxylic acids is 2. The molecule has 1 saturated carbocycles. The van der Waals surface area contributed by atoms with Crippen molar-refractivity contribution in [3.63, 3.8) is 0 Å². The first kappa shape index (κ1) is 33.0. The molecule has 0 radical (unpaired) electrons. The molecule has 4 aromatic rings. The molecule has 2 fully saturated rings. The Bertz CT molecular complexity index is 2340. The normalized spacial score (nSPS) is 24.5. The number of aryl methyl sites for hydroxylation is 2. The van der Waals surface area contributed by atoms with Crippen LogP contribution in [0.5, 0.6) is 17.2 Å². The third kappa shape index (κ3) is 4.39. The van der Waals surface area contributed by atoms with E-state index in [9.17, 15) is 29.1 Å². The molecule has 256 valence electrons. The fraction of sp³-hybridized carbons (Fsp3) is 0.375. The summed E-state index contributed by atoms with van der Waals surface area (Å²) in [6.45, 7) is -0.291. The number of nitrogens with zero attached hydrogens (tertiary/aromatic N) is 6. The van der Waals surface area contributed by atoms with Crippen molar-refractivity contribution in [1.82, 2.24) is 28.4 Å². The van der Waals surface area contributed by atoms with Gasteiger partial charge in [-0.1, -0.05) is 17.7 Å². The zero-order valence-corrected chi connectivity index (χ0v) is 28.8. The Kier molecular flexibility index (Phi) is 7.58. The summed E-state index contributed by atoms with van der Waals surface area (Å²) in [5.41, 5.74) is -0.220. The molecule has 14 nitrogen and oxygen atoms in total. The summed E-state index contributed by atoms with van der Waals surface area (Å²) in [6, 6.07) is 6.47. The topological polar surface area (TPSA) is 160 Å². The molecule has 17 heteroatoms. The highest BCUT2D eigenvalue weighted by Crippen LogP contribution is 2.64. The minimum absolute atomic E-state index is 0.0674. The van der Waals surface area contributed by atoms with Crippen LogP contribution in [0.1, 0.15) is 29.6 Å². The lowest BCUT2D eigenvalue weighted by atomic mass is 9.64. The van der Waals surface area contributed by atoms with Crippen LogP contribution in [0.15, 0.2) is 56.4 Å². The largest absolute Gasteiger partial charge is 0.508 e. The summed E-state index contributed by atoms with van der Waals surface area (Å²) in [5, 5.41) is 11.2. The number of likely N-dealkylation sites (tertiary alicyclic amines) is 1. The number of hydrogen-bond donors (Lipinski definition) is 1. The van der Waals surface area contributed by atoms with Crippen LogP contribution in [0, 0.1) is 0 Å². The molecular formula is C32H29Cl3N6O8. The molecule has 4 heterocycles. The second-order valence-corrected chi connectivity index (χ2v) is 13.9. The molecule has 1 saturated heterocycles. The number of fused-ring (bicyclic) bond motifs is 5. The second-order valence-electron chi connectivity index (χ2n) is 12.3. The first-order valence-electron chi connectivity index (χ1n) is 15.1. The van der Waals surface area contributed by atoms with Gasteiger partial charge in [-0.2, -0.15) is 0 Å². The summed E-state index contributed by atoms with van der Waals surface area (Å²) in [6.07, 6.45) is 1.28. The van der Waals surface area contributed by atoms with Crippen LogP contribution in [0.4, 0.5) is 0 Å². The van der Waals surface area contributed by atoms with Gasteiger partial charge in [0.05, 0.1) is 37.8 Å². The number of phenols is 1. The van der Waals surface area contributed by atoms with Crippen LogP contribution in [-0.4, -0.2) is 76.3 Å². The lowest BCUT2D eigenvalue weighted by molar-refractivity contribution is -0.137. The number of imide groups is 1. The summed E-state index contributed by atoms with van der Waals surface area (Å²) >= 11 is 20.6. The maximum atomic E-state index is 14.1. The van der Waals surface area contributed by atoms with E-state index in [4.69, 9.17) is 44.3 Å². The number of phenolic OH excluding ortho intramolecular Hbond substituents is 1. The van der Waals surface area contributed by atoms with Gasteiger partial charge in [-0.15, -0.1) is 23.2 Å². The van der Waals surface area contributed by atoms with Gasteiger partial charge in [0.1, 0.15) is 11.4 Å². The summed E-state index contributed by atoms with van der Waals surface area (Å²) in [5.74, 6) is -2.18. The molecule has 2 aromatic heterocycles. The molecule has 4 unspecified atom stereocenters. The SMILES string of the molecule is COc1cc2nc(CCn3c(=O)n4n(c3=O)C3CC5(Cl)C(=O)N(C)C(=O)C5(Cl)C(c5cc(Cl)ccc5O)C3=CC4)c(=O)n(C)c2cc1OC. The Morgan fingerprint density at radius 1 is 0.980 bits per heavy atom. The predicted octanol–water partition coefficient (Wildman–Crippen LogP) is 2.30. The number of rotatable bonds is 6. The van der Waals surface area contributed by atoms with Gasteiger partial charge in [0.15, 0.2) is 21.2 Å². The van der Waals surface area contributed by atoms with Crippen molar-refractivity contribution in [2.45, 2.75) is 47.6 Å². The minimum Gasteiger partial charge on any atom is -0.508 e. The third-order valence-corrected chi connectivity index (χ3v) is 11.5. The van der Waals surface area contributed by atoms with Crippen LogP contribution >= 0.6 is 34.8 Å². The third-order valence-electron chi connectivity index (χ3n) is 9.88. The van der Waals surface area contributed by atoms with Crippen LogP contribution in [0.3, 0.4) is 0 Å². The monoisotopic (exact) mass is 730 g/mol. The van der Waals surface area contributed by atoms with E-state index >= 15 is 0 Å². The molecule has 3 aliphatic rings. The number of methoxy groups -OCH3 is 2. The van der Waals surface area contributed by atoms with E-state index < -0.39 is 50.5 Å². The molecule has 49 heavy (non-hydrogen) atoms. The van der Waals surface area contributed by atoms with Crippen LogP contribution in [0.25, 0.3) is 11.0 Å². The summed E-state index contributed by atoms with van der Waals surface area (Å²) in [7, 11) is 5.80. The second kappa shape index (κ2) is 11.3. The highest BCUT2D eigenvalue weighted by molar-refractivity contribution is 6.53. The van der Waals surface area contributed by atoms with Crippen molar-refractivity contribution in [3.8, 4) is 17.2 Å². The molecule has 0 spiro atoms. The van der Waals surface area contributed by atoms with Gasteiger partial charge in [-0.25, -0.2) is 28.5 Å². The number of aromatic hydroxyl groups is 1. The Labute approximate surface area is 292 Å². The Hall–Kier alpha value is -4.53. The predicted molar refractivity (Wildman–Crippen MR) is 179 cm³/mol. The fourth-order valence-electron chi connectivity index (χ4n) is 7.44. The smallest absolute Gasteiger partial charge is 0.347 e. The molecule has 2 amide bonds. The average molecular weight is 732 g/mol. The summed E-state index contributed by atoms with van der Waals surface area (Å²) < 4.78 is 15.5. The lowest BCUT2D eigenvalue weighted by Gasteiger charge is -2.49. The Balaban J connectivity index is 1.32. The molecule has 2 aliphatic heterocycles. The van der Waals surface area contributed by atoms with Gasteiger partial charge in [-0.3, -0.25) is 19.3 Å². The number of benzene rings is 2. The molecule has 2 aromatic carbocycles. The minimum atomic E-state index is -2.09. The van der Waals surface area contributed by atoms with E-state index in [0.29, 0.717) is 28.1 Å². The average Bonchev–Trinajstić information content (AvgIpc) is 3.40. The first-order chi connectivity index (χ1) is 23.2. The van der Waals surface area contributed by atoms with Crippen LogP contribution < -0.4 is 26.4 Å². The number of alkyl halides is 2. The number of halogens is 3. The van der Waals surface area contributed by atoms with Crippen molar-refractivity contribution in [3.05, 3.63) is 89.6 Å². The van der Waals surface area contributed by atoms with E-state index in [1.54, 1.807) is 25.3 Å². The molecule has 1 aliphatic carbocycles. The number of amides is 2.